The third kappa shape index (κ3) is 4.71. The lowest BCUT2D eigenvalue weighted by molar-refractivity contribution is -0.115. The second-order valence-corrected chi connectivity index (χ2v) is 7.35. The third-order valence-electron chi connectivity index (χ3n) is 3.18. The minimum absolute atomic E-state index is 0.120. The minimum atomic E-state index is -0.318. The number of nitrogens with one attached hydrogen (secondary N) is 2. The molecule has 128 valence electrons. The molecule has 25 heavy (non-hydrogen) atoms. The number of hydrogen-bond donors (Lipinski definition) is 2. The van der Waals surface area contributed by atoms with E-state index in [4.69, 9.17) is 4.42 Å². The largest absolute Gasteiger partial charge is 0.459 e. The van der Waals surface area contributed by atoms with Crippen molar-refractivity contribution >= 4 is 45.7 Å². The number of rotatable bonds is 6. The first-order valence-electron chi connectivity index (χ1n) is 7.44. The van der Waals surface area contributed by atoms with Crippen LogP contribution in [0.5, 0.6) is 0 Å². The average Bonchev–Trinajstić information content (AvgIpc) is 3.29. The number of hydrogen-bond acceptors (Lipinski definition) is 6. The van der Waals surface area contributed by atoms with Gasteiger partial charge in [0.05, 0.1) is 11.5 Å². The van der Waals surface area contributed by atoms with Gasteiger partial charge in [0.2, 0.25) is 5.91 Å². The van der Waals surface area contributed by atoms with Gasteiger partial charge in [-0.3, -0.25) is 9.59 Å². The Hall–Kier alpha value is -2.58. The molecule has 2 N–H and O–H groups in total. The van der Waals surface area contributed by atoms with E-state index in [-0.39, 0.29) is 22.8 Å². The van der Waals surface area contributed by atoms with Crippen LogP contribution in [0.25, 0.3) is 0 Å². The maximum Gasteiger partial charge on any atom is 0.291 e. The smallest absolute Gasteiger partial charge is 0.291 e. The van der Waals surface area contributed by atoms with Crippen molar-refractivity contribution in [3.63, 3.8) is 0 Å². The first-order valence-corrected chi connectivity index (χ1v) is 9.19. The van der Waals surface area contributed by atoms with Crippen LogP contribution in [-0.4, -0.2) is 22.0 Å². The topological polar surface area (TPSA) is 84.2 Å². The van der Waals surface area contributed by atoms with E-state index in [9.17, 15) is 9.59 Å². The molecule has 1 aromatic carbocycles. The lowest BCUT2D eigenvalue weighted by Gasteiger charge is -2.11. The van der Waals surface area contributed by atoms with Crippen LogP contribution in [0.15, 0.2) is 63.6 Å². The molecule has 3 aromatic rings. The van der Waals surface area contributed by atoms with Crippen LogP contribution in [0, 0.1) is 0 Å². The van der Waals surface area contributed by atoms with Crippen molar-refractivity contribution in [1.82, 2.24) is 4.98 Å². The number of furan rings is 1. The fraction of sp³-hybridized carbons (Fsp3) is 0.118. The van der Waals surface area contributed by atoms with Crippen molar-refractivity contribution in [2.45, 2.75) is 17.1 Å². The van der Waals surface area contributed by atoms with Crippen LogP contribution < -0.4 is 10.6 Å². The van der Waals surface area contributed by atoms with Crippen molar-refractivity contribution in [3.05, 3.63) is 60.0 Å². The molecule has 1 unspecified atom stereocenters. The molecular weight excluding hydrogens is 358 g/mol. The Bertz CT molecular complexity index is 848. The Morgan fingerprint density at radius 2 is 2.12 bits per heavy atom. The van der Waals surface area contributed by atoms with E-state index in [1.54, 1.807) is 29.8 Å². The second-order valence-electron chi connectivity index (χ2n) is 5.05. The van der Waals surface area contributed by atoms with Gasteiger partial charge >= 0.3 is 0 Å². The van der Waals surface area contributed by atoms with Crippen molar-refractivity contribution in [1.29, 1.82) is 0 Å². The quantitative estimate of drug-likeness (QED) is 0.635. The number of carbonyl (C=O) groups is 2. The average molecular weight is 373 g/mol. The molecule has 0 saturated heterocycles. The standard InChI is InChI=1S/C17H15N3O3S2/c1-11(15(21)20-17-18-7-9-24-17)25-13-5-2-4-12(10-13)19-16(22)14-6-3-8-23-14/h2-11H,1H3,(H,19,22)(H,18,20,21). The number of carbonyl (C=O) groups excluding carboxylic acids is 2. The number of thioether (sulfide) groups is 1. The normalized spacial score (nSPS) is 11.7. The van der Waals surface area contributed by atoms with Crippen molar-refractivity contribution in [2.75, 3.05) is 10.6 Å². The summed E-state index contributed by atoms with van der Waals surface area (Å²) in [6, 6.07) is 10.6. The zero-order chi connectivity index (χ0) is 17.6. The molecule has 0 aliphatic carbocycles. The van der Waals surface area contributed by atoms with Gasteiger partial charge < -0.3 is 15.1 Å². The van der Waals surface area contributed by atoms with Crippen molar-refractivity contribution < 1.29 is 14.0 Å². The maximum atomic E-state index is 12.2. The molecule has 0 bridgehead atoms. The Morgan fingerprint density at radius 1 is 1.24 bits per heavy atom. The summed E-state index contributed by atoms with van der Waals surface area (Å²) in [5.74, 6) is -0.194. The van der Waals surface area contributed by atoms with Crippen LogP contribution in [-0.2, 0) is 4.79 Å². The van der Waals surface area contributed by atoms with Gasteiger partial charge in [0.1, 0.15) is 0 Å². The third-order valence-corrected chi connectivity index (χ3v) is 4.96. The highest BCUT2D eigenvalue weighted by atomic mass is 32.2. The van der Waals surface area contributed by atoms with Gasteiger partial charge in [-0.25, -0.2) is 4.98 Å². The lowest BCUT2D eigenvalue weighted by Crippen LogP contribution is -2.22. The molecule has 0 aliphatic rings. The number of thiazole rings is 1. The summed E-state index contributed by atoms with van der Waals surface area (Å²) in [5, 5.41) is 7.62. The zero-order valence-electron chi connectivity index (χ0n) is 13.3. The van der Waals surface area contributed by atoms with Crippen LogP contribution in [0.4, 0.5) is 10.8 Å². The summed E-state index contributed by atoms with van der Waals surface area (Å²) in [5.41, 5.74) is 0.638. The van der Waals surface area contributed by atoms with E-state index >= 15 is 0 Å². The van der Waals surface area contributed by atoms with E-state index in [1.165, 1.54) is 29.4 Å². The summed E-state index contributed by atoms with van der Waals surface area (Å²) in [7, 11) is 0. The molecule has 3 rings (SSSR count). The van der Waals surface area contributed by atoms with Crippen LogP contribution in [0.1, 0.15) is 17.5 Å². The van der Waals surface area contributed by atoms with Crippen LogP contribution in [0.2, 0.25) is 0 Å². The molecule has 2 aromatic heterocycles. The van der Waals surface area contributed by atoms with Gasteiger partial charge in [-0.1, -0.05) is 6.07 Å². The summed E-state index contributed by atoms with van der Waals surface area (Å²) in [6.45, 7) is 1.82. The zero-order valence-corrected chi connectivity index (χ0v) is 14.9. The van der Waals surface area contributed by atoms with Gasteiger partial charge in [-0.15, -0.1) is 23.1 Å². The first-order chi connectivity index (χ1) is 12.1. The molecule has 0 radical (unpaired) electrons. The highest BCUT2D eigenvalue weighted by molar-refractivity contribution is 8.00. The summed E-state index contributed by atoms with van der Waals surface area (Å²) in [4.78, 5) is 29.1. The number of anilines is 2. The minimum Gasteiger partial charge on any atom is -0.459 e. The van der Waals surface area contributed by atoms with E-state index in [1.807, 2.05) is 25.1 Å². The predicted molar refractivity (Wildman–Crippen MR) is 99.2 cm³/mol. The molecule has 1 atom stereocenters. The monoisotopic (exact) mass is 373 g/mol. The molecule has 0 spiro atoms. The van der Waals surface area contributed by atoms with E-state index in [2.05, 4.69) is 15.6 Å². The lowest BCUT2D eigenvalue weighted by atomic mass is 10.3. The Balaban J connectivity index is 1.61. The van der Waals surface area contributed by atoms with Gasteiger partial charge in [-0.2, -0.15) is 0 Å². The highest BCUT2D eigenvalue weighted by Crippen LogP contribution is 2.27. The molecule has 0 fully saturated rings. The van der Waals surface area contributed by atoms with E-state index in [0.717, 1.165) is 4.90 Å². The summed E-state index contributed by atoms with van der Waals surface area (Å²) < 4.78 is 5.07. The van der Waals surface area contributed by atoms with Gasteiger partial charge in [0.25, 0.3) is 5.91 Å². The Kier molecular flexibility index (Phi) is 5.52. The SMILES string of the molecule is CC(Sc1cccc(NC(=O)c2ccco2)c1)C(=O)Nc1nccs1. The van der Waals surface area contributed by atoms with Crippen molar-refractivity contribution in [3.8, 4) is 0 Å². The highest BCUT2D eigenvalue weighted by Gasteiger charge is 2.16. The maximum absolute atomic E-state index is 12.2. The van der Waals surface area contributed by atoms with Crippen LogP contribution in [0.3, 0.4) is 0 Å². The molecule has 6 nitrogen and oxygen atoms in total. The number of aromatic nitrogens is 1. The number of nitrogens with zero attached hydrogens (tertiary/aromatic N) is 1. The molecule has 0 aliphatic heterocycles. The molecule has 0 saturated carbocycles. The summed E-state index contributed by atoms with van der Waals surface area (Å²) in [6.07, 6.45) is 3.09. The first kappa shape index (κ1) is 17.2. The van der Waals surface area contributed by atoms with Gasteiger partial charge in [0.15, 0.2) is 10.9 Å². The number of amides is 2. The van der Waals surface area contributed by atoms with Gasteiger partial charge in [0, 0.05) is 22.2 Å². The fourth-order valence-electron chi connectivity index (χ4n) is 2.00. The fourth-order valence-corrected chi connectivity index (χ4v) is 3.46. The molecule has 2 heterocycles. The van der Waals surface area contributed by atoms with Crippen LogP contribution >= 0.6 is 23.1 Å². The van der Waals surface area contributed by atoms with E-state index in [0.29, 0.717) is 10.8 Å². The molecule has 8 heteroatoms. The van der Waals surface area contributed by atoms with Gasteiger partial charge in [-0.05, 0) is 37.3 Å². The predicted octanol–water partition coefficient (Wildman–Crippen LogP) is 4.11. The second kappa shape index (κ2) is 8.00. The number of benzene rings is 1. The Morgan fingerprint density at radius 3 is 2.84 bits per heavy atom. The Labute approximate surface area is 152 Å². The molecule has 2 amide bonds. The van der Waals surface area contributed by atoms with E-state index < -0.39 is 0 Å². The van der Waals surface area contributed by atoms with Crippen molar-refractivity contribution in [2.24, 2.45) is 0 Å². The summed E-state index contributed by atoms with van der Waals surface area (Å²) >= 11 is 2.78. The molecular formula is C17H15N3O3S2.